The van der Waals surface area contributed by atoms with Crippen LogP contribution in [0.4, 0.5) is 0 Å². The van der Waals surface area contributed by atoms with E-state index in [0.29, 0.717) is 16.9 Å². The molecule has 0 heterocycles. The molecule has 0 saturated heterocycles. The van der Waals surface area contributed by atoms with Gasteiger partial charge in [0.15, 0.2) is 0 Å². The third-order valence-corrected chi connectivity index (χ3v) is 6.47. The number of fused-ring (bicyclic) bond motifs is 1. The largest absolute Gasteiger partial charge is 0.313 e. The van der Waals surface area contributed by atoms with Crippen molar-refractivity contribution in [3.05, 3.63) is 11.4 Å². The third kappa shape index (κ3) is 1.36. The molecule has 0 N–H and O–H groups in total. The molecule has 4 saturated carbocycles. The van der Waals surface area contributed by atoms with E-state index in [9.17, 15) is 0 Å². The van der Waals surface area contributed by atoms with Gasteiger partial charge in [-0.05, 0) is 48.3 Å². The molecule has 4 fully saturated rings. The predicted molar refractivity (Wildman–Crippen MR) is 70.4 cm³/mol. The Morgan fingerprint density at radius 3 is 2.41 bits per heavy atom. The summed E-state index contributed by atoms with van der Waals surface area (Å²) in [6.45, 7) is 17.2. The summed E-state index contributed by atoms with van der Waals surface area (Å²) in [6.07, 6.45) is 5.28. The molecule has 17 heavy (non-hydrogen) atoms. The lowest BCUT2D eigenvalue weighted by Crippen LogP contribution is -2.52. The van der Waals surface area contributed by atoms with Crippen LogP contribution in [-0.2, 0) is 0 Å². The number of rotatable bonds is 1. The fourth-order valence-corrected chi connectivity index (χ4v) is 5.86. The van der Waals surface area contributed by atoms with Crippen LogP contribution >= 0.6 is 0 Å². The minimum absolute atomic E-state index is 0.322. The molecule has 0 spiro atoms. The molecule has 1 heteroatoms. The molecule has 4 aliphatic rings. The molecule has 4 rings (SSSR count). The molecule has 0 amide bonds. The second-order valence-corrected chi connectivity index (χ2v) is 7.95. The van der Waals surface area contributed by atoms with E-state index in [1.807, 2.05) is 0 Å². The van der Waals surface area contributed by atoms with Crippen molar-refractivity contribution in [2.24, 2.45) is 34.5 Å². The molecule has 0 aromatic heterocycles. The summed E-state index contributed by atoms with van der Waals surface area (Å²) >= 11 is 0. The smallest absolute Gasteiger partial charge is 0.229 e. The zero-order valence-electron chi connectivity index (χ0n) is 11.7. The van der Waals surface area contributed by atoms with E-state index < -0.39 is 0 Å². The van der Waals surface area contributed by atoms with Gasteiger partial charge < -0.3 is 4.85 Å². The molecule has 1 nitrogen and oxygen atoms in total. The fraction of sp³-hybridized carbons (Fsp3) is 0.938. The summed E-state index contributed by atoms with van der Waals surface area (Å²) in [4.78, 5) is 3.95. The molecule has 0 aromatic rings. The Morgan fingerprint density at radius 1 is 1.18 bits per heavy atom. The Morgan fingerprint density at radius 2 is 1.88 bits per heavy atom. The maximum atomic E-state index is 7.45. The summed E-state index contributed by atoms with van der Waals surface area (Å²) in [5.74, 6) is 3.54. The minimum Gasteiger partial charge on any atom is -0.313 e. The van der Waals surface area contributed by atoms with Crippen molar-refractivity contribution in [1.29, 1.82) is 0 Å². The molecule has 4 unspecified atom stereocenters. The molecule has 4 aliphatic carbocycles. The lowest BCUT2D eigenvalue weighted by Gasteiger charge is -2.54. The maximum absolute atomic E-state index is 7.45. The lowest BCUT2D eigenvalue weighted by atomic mass is 9.49. The van der Waals surface area contributed by atoms with Crippen molar-refractivity contribution in [2.75, 3.05) is 0 Å². The first kappa shape index (κ1) is 11.6. The van der Waals surface area contributed by atoms with Gasteiger partial charge in [0, 0.05) is 11.8 Å². The second kappa shape index (κ2) is 3.28. The highest BCUT2D eigenvalue weighted by Crippen LogP contribution is 2.70. The zero-order valence-corrected chi connectivity index (χ0v) is 11.7. The van der Waals surface area contributed by atoms with E-state index in [-0.39, 0.29) is 0 Å². The van der Waals surface area contributed by atoms with E-state index in [4.69, 9.17) is 6.57 Å². The Labute approximate surface area is 106 Å². The van der Waals surface area contributed by atoms with Crippen molar-refractivity contribution >= 4 is 0 Å². The van der Waals surface area contributed by atoms with Crippen LogP contribution in [0.5, 0.6) is 0 Å². The third-order valence-electron chi connectivity index (χ3n) is 6.47. The highest BCUT2D eigenvalue weighted by atomic mass is 14.8. The first-order valence-corrected chi connectivity index (χ1v) is 7.26. The van der Waals surface area contributed by atoms with E-state index in [0.717, 1.165) is 23.7 Å². The molecule has 0 aliphatic heterocycles. The van der Waals surface area contributed by atoms with Crippen molar-refractivity contribution in [2.45, 2.75) is 59.4 Å². The molecule has 0 aromatic carbocycles. The van der Waals surface area contributed by atoms with Crippen LogP contribution in [0.1, 0.15) is 53.4 Å². The normalized spacial score (nSPS) is 56.2. The average molecular weight is 231 g/mol. The van der Waals surface area contributed by atoms with E-state index in [1.54, 1.807) is 0 Å². The predicted octanol–water partition coefficient (Wildman–Crippen LogP) is 4.39. The summed E-state index contributed by atoms with van der Waals surface area (Å²) in [7, 11) is 0. The van der Waals surface area contributed by atoms with Gasteiger partial charge in [0.2, 0.25) is 6.04 Å². The standard InChI is InChI=1S/C16H25N/c1-10(2)11-7-15(3)9-16(4)8-12(11)13(15)6-14(16)17-5/h10-14H,6-9H2,1-4H3/t11-,12?,13?,14-,15?,16?/m0/s1. The lowest BCUT2D eigenvalue weighted by molar-refractivity contribution is -0.0497. The van der Waals surface area contributed by atoms with Gasteiger partial charge in [-0.15, -0.1) is 0 Å². The van der Waals surface area contributed by atoms with Gasteiger partial charge in [0.25, 0.3) is 0 Å². The Kier molecular flexibility index (Phi) is 2.23. The molecule has 6 atom stereocenters. The SMILES string of the molecule is [C-]#[N+][C@H]1CC2C3CC1(C)CC2(C)C[C@H]3C(C)C. The number of nitrogens with zero attached hydrogens (tertiary/aromatic N) is 1. The van der Waals surface area contributed by atoms with Crippen molar-refractivity contribution < 1.29 is 0 Å². The first-order chi connectivity index (χ1) is 7.89. The van der Waals surface area contributed by atoms with Crippen LogP contribution in [-0.4, -0.2) is 6.04 Å². The Hall–Kier alpha value is -0.510. The van der Waals surface area contributed by atoms with Gasteiger partial charge in [-0.2, -0.15) is 0 Å². The number of hydrogen-bond donors (Lipinski definition) is 0. The van der Waals surface area contributed by atoms with Crippen molar-refractivity contribution in [3.8, 4) is 0 Å². The monoisotopic (exact) mass is 231 g/mol. The molecule has 4 bridgehead atoms. The van der Waals surface area contributed by atoms with E-state index in [1.165, 1.54) is 25.7 Å². The Balaban J connectivity index is 1.98. The van der Waals surface area contributed by atoms with Crippen LogP contribution in [0.25, 0.3) is 4.85 Å². The fourth-order valence-electron chi connectivity index (χ4n) is 5.86. The molecular weight excluding hydrogens is 206 g/mol. The first-order valence-electron chi connectivity index (χ1n) is 7.26. The van der Waals surface area contributed by atoms with Gasteiger partial charge in [-0.1, -0.05) is 27.7 Å². The topological polar surface area (TPSA) is 4.36 Å². The van der Waals surface area contributed by atoms with E-state index >= 15 is 0 Å². The second-order valence-electron chi connectivity index (χ2n) is 7.95. The van der Waals surface area contributed by atoms with Crippen LogP contribution in [0.15, 0.2) is 0 Å². The van der Waals surface area contributed by atoms with Gasteiger partial charge in [0.1, 0.15) is 0 Å². The van der Waals surface area contributed by atoms with Gasteiger partial charge in [-0.25, -0.2) is 6.57 Å². The number of hydrogen-bond acceptors (Lipinski definition) is 0. The van der Waals surface area contributed by atoms with E-state index in [2.05, 4.69) is 32.5 Å². The van der Waals surface area contributed by atoms with Crippen LogP contribution < -0.4 is 0 Å². The van der Waals surface area contributed by atoms with Gasteiger partial charge in [-0.3, -0.25) is 0 Å². The molecule has 0 radical (unpaired) electrons. The highest BCUT2D eigenvalue weighted by molar-refractivity contribution is 5.17. The maximum Gasteiger partial charge on any atom is 0.229 e. The van der Waals surface area contributed by atoms with Gasteiger partial charge >= 0.3 is 0 Å². The summed E-state index contributed by atoms with van der Waals surface area (Å²) in [5, 5.41) is 0. The van der Waals surface area contributed by atoms with Gasteiger partial charge in [0.05, 0.1) is 0 Å². The zero-order chi connectivity index (χ0) is 12.4. The summed E-state index contributed by atoms with van der Waals surface area (Å²) in [5.41, 5.74) is 0.896. The highest BCUT2D eigenvalue weighted by Gasteiger charge is 2.66. The van der Waals surface area contributed by atoms with Crippen LogP contribution in [0, 0.1) is 41.1 Å². The Bertz CT molecular complexity index is 379. The summed E-state index contributed by atoms with van der Waals surface area (Å²) in [6, 6.07) is 0.322. The van der Waals surface area contributed by atoms with Crippen molar-refractivity contribution in [3.63, 3.8) is 0 Å². The van der Waals surface area contributed by atoms with Crippen LogP contribution in [0.3, 0.4) is 0 Å². The average Bonchev–Trinajstić information content (AvgIpc) is 2.43. The summed E-state index contributed by atoms with van der Waals surface area (Å²) < 4.78 is 0. The quantitative estimate of drug-likeness (QED) is 0.589. The molecule has 94 valence electrons. The van der Waals surface area contributed by atoms with Crippen LogP contribution in [0.2, 0.25) is 0 Å². The minimum atomic E-state index is 0.322. The van der Waals surface area contributed by atoms with Crippen molar-refractivity contribution in [1.82, 2.24) is 0 Å². The molecular formula is C16H25N.